The van der Waals surface area contributed by atoms with Gasteiger partial charge in [-0.15, -0.1) is 0 Å². The van der Waals surface area contributed by atoms with E-state index in [0.29, 0.717) is 6.54 Å². The predicted molar refractivity (Wildman–Crippen MR) is 59.1 cm³/mol. The highest BCUT2D eigenvalue weighted by molar-refractivity contribution is 8.13. The van der Waals surface area contributed by atoms with Gasteiger partial charge in [0, 0.05) is 30.3 Å². The number of halogens is 1. The van der Waals surface area contributed by atoms with Gasteiger partial charge in [-0.2, -0.15) is 0 Å². The van der Waals surface area contributed by atoms with Gasteiger partial charge in [0.2, 0.25) is 0 Å². The van der Waals surface area contributed by atoms with Crippen LogP contribution in [-0.2, 0) is 9.05 Å². The van der Waals surface area contributed by atoms with Crippen molar-refractivity contribution in [3.8, 4) is 0 Å². The van der Waals surface area contributed by atoms with Crippen LogP contribution in [0.2, 0.25) is 0 Å². The van der Waals surface area contributed by atoms with Crippen LogP contribution in [-0.4, -0.2) is 32.8 Å². The molecule has 0 fully saturated rings. The van der Waals surface area contributed by atoms with Crippen LogP contribution in [0.5, 0.6) is 0 Å². The third-order valence-corrected chi connectivity index (χ3v) is 3.60. The van der Waals surface area contributed by atoms with Crippen molar-refractivity contribution in [2.45, 2.75) is 18.7 Å². The molecular weight excluding hydrogens is 254 g/mol. The zero-order valence-corrected chi connectivity index (χ0v) is 10.7. The minimum atomic E-state index is -3.87. The Balaban J connectivity index is 3.17. The summed E-state index contributed by atoms with van der Waals surface area (Å²) < 4.78 is 27.3. The van der Waals surface area contributed by atoms with E-state index in [1.165, 1.54) is 11.8 Å². The lowest BCUT2D eigenvalue weighted by Crippen LogP contribution is -2.25. The number of hydrogen-bond acceptors (Lipinski definition) is 4. The number of nitrogens with zero attached hydrogens (tertiary/aromatic N) is 1. The molecular formula is C9H12ClNO4S. The van der Waals surface area contributed by atoms with Gasteiger partial charge in [0.05, 0.1) is 0 Å². The molecule has 0 bridgehead atoms. The Hall–Kier alpha value is -1.01. The normalized spacial score (nSPS) is 11.5. The van der Waals surface area contributed by atoms with Gasteiger partial charge in [0.1, 0.15) is 10.7 Å². The molecule has 1 rings (SSSR count). The topological polar surface area (TPSA) is 67.6 Å². The Morgan fingerprint density at radius 3 is 2.50 bits per heavy atom. The maximum absolute atomic E-state index is 11.7. The Morgan fingerprint density at radius 2 is 2.12 bits per heavy atom. The van der Waals surface area contributed by atoms with E-state index in [1.807, 2.05) is 0 Å². The molecule has 1 amide bonds. The molecule has 0 aliphatic rings. The van der Waals surface area contributed by atoms with Crippen LogP contribution < -0.4 is 0 Å². The van der Waals surface area contributed by atoms with Gasteiger partial charge >= 0.3 is 0 Å². The fourth-order valence-corrected chi connectivity index (χ4v) is 2.24. The zero-order chi connectivity index (χ0) is 12.5. The summed E-state index contributed by atoms with van der Waals surface area (Å²) in [5.74, 6) is -0.291. The largest absolute Gasteiger partial charge is 0.455 e. The minimum absolute atomic E-state index is 0.0268. The first-order valence-electron chi connectivity index (χ1n) is 4.58. The number of furan rings is 1. The Labute approximate surface area is 98.4 Å². The average molecular weight is 266 g/mol. The van der Waals surface area contributed by atoms with E-state index >= 15 is 0 Å². The van der Waals surface area contributed by atoms with Crippen LogP contribution in [0.25, 0.3) is 0 Å². The first-order valence-corrected chi connectivity index (χ1v) is 6.88. The van der Waals surface area contributed by atoms with Gasteiger partial charge in [0.25, 0.3) is 15.0 Å². The highest BCUT2D eigenvalue weighted by Crippen LogP contribution is 2.23. The predicted octanol–water partition coefficient (Wildman–Crippen LogP) is 1.61. The molecule has 1 aromatic heterocycles. The maximum Gasteiger partial charge on any atom is 0.289 e. The SMILES string of the molecule is CCN(C)C(=O)c1cc(S(=O)(=O)Cl)c(C)o1. The van der Waals surface area contributed by atoms with E-state index in [9.17, 15) is 13.2 Å². The van der Waals surface area contributed by atoms with Crippen LogP contribution >= 0.6 is 10.7 Å². The van der Waals surface area contributed by atoms with Crippen molar-refractivity contribution in [3.63, 3.8) is 0 Å². The number of amides is 1. The molecule has 1 heterocycles. The smallest absolute Gasteiger partial charge is 0.289 e. The Kier molecular flexibility index (Phi) is 3.64. The summed E-state index contributed by atoms with van der Waals surface area (Å²) in [7, 11) is 2.90. The molecule has 0 N–H and O–H groups in total. The monoisotopic (exact) mass is 265 g/mol. The van der Waals surface area contributed by atoms with Gasteiger partial charge in [-0.3, -0.25) is 4.79 Å². The van der Waals surface area contributed by atoms with E-state index in [0.717, 1.165) is 6.07 Å². The van der Waals surface area contributed by atoms with E-state index in [-0.39, 0.29) is 22.3 Å². The van der Waals surface area contributed by atoms with E-state index in [1.54, 1.807) is 14.0 Å². The number of carbonyl (C=O) groups is 1. The van der Waals surface area contributed by atoms with Crippen molar-refractivity contribution in [3.05, 3.63) is 17.6 Å². The molecule has 0 aliphatic carbocycles. The lowest BCUT2D eigenvalue weighted by atomic mass is 10.4. The summed E-state index contributed by atoms with van der Waals surface area (Å²) in [6.07, 6.45) is 0. The lowest BCUT2D eigenvalue weighted by Gasteiger charge is -2.11. The third-order valence-electron chi connectivity index (χ3n) is 2.17. The molecule has 0 saturated heterocycles. The quantitative estimate of drug-likeness (QED) is 0.779. The van der Waals surface area contributed by atoms with E-state index in [2.05, 4.69) is 0 Å². The van der Waals surface area contributed by atoms with Crippen molar-refractivity contribution in [1.29, 1.82) is 0 Å². The molecule has 5 nitrogen and oxygen atoms in total. The molecule has 0 atom stereocenters. The number of hydrogen-bond donors (Lipinski definition) is 0. The van der Waals surface area contributed by atoms with Gasteiger partial charge < -0.3 is 9.32 Å². The van der Waals surface area contributed by atoms with Crippen molar-refractivity contribution in [2.24, 2.45) is 0 Å². The van der Waals surface area contributed by atoms with Crippen LogP contribution in [0.15, 0.2) is 15.4 Å². The van der Waals surface area contributed by atoms with Crippen molar-refractivity contribution in [1.82, 2.24) is 4.90 Å². The summed E-state index contributed by atoms with van der Waals surface area (Å²) in [6.45, 7) is 3.74. The van der Waals surface area contributed by atoms with Crippen LogP contribution in [0, 0.1) is 6.92 Å². The number of carbonyl (C=O) groups excluding carboxylic acids is 1. The highest BCUT2D eigenvalue weighted by Gasteiger charge is 2.23. The average Bonchev–Trinajstić information content (AvgIpc) is 2.57. The summed E-state index contributed by atoms with van der Waals surface area (Å²) in [4.78, 5) is 12.9. The molecule has 0 spiro atoms. The third kappa shape index (κ3) is 2.56. The second kappa shape index (κ2) is 4.47. The standard InChI is InChI=1S/C9H12ClNO4S/c1-4-11(3)9(12)7-5-8(6(2)15-7)16(10,13)14/h5H,4H2,1-3H3. The molecule has 0 aromatic carbocycles. The van der Waals surface area contributed by atoms with Crippen LogP contribution in [0.3, 0.4) is 0 Å². The first-order chi connectivity index (χ1) is 7.27. The van der Waals surface area contributed by atoms with Gasteiger partial charge in [-0.25, -0.2) is 8.42 Å². The molecule has 0 radical (unpaired) electrons. The highest BCUT2D eigenvalue weighted by atomic mass is 35.7. The van der Waals surface area contributed by atoms with Crippen molar-refractivity contribution in [2.75, 3.05) is 13.6 Å². The second-order valence-electron chi connectivity index (χ2n) is 3.29. The molecule has 1 aromatic rings. The van der Waals surface area contributed by atoms with Gasteiger partial charge in [-0.05, 0) is 13.8 Å². The second-order valence-corrected chi connectivity index (χ2v) is 5.82. The molecule has 0 saturated carbocycles. The zero-order valence-electron chi connectivity index (χ0n) is 9.15. The number of rotatable bonds is 3. The van der Waals surface area contributed by atoms with Gasteiger partial charge in [-0.1, -0.05) is 0 Å². The Bertz CT molecular complexity index is 506. The van der Waals surface area contributed by atoms with Crippen LogP contribution in [0.4, 0.5) is 0 Å². The minimum Gasteiger partial charge on any atom is -0.455 e. The molecule has 0 unspecified atom stereocenters. The molecule has 90 valence electrons. The number of aryl methyl sites for hydroxylation is 1. The maximum atomic E-state index is 11.7. The Morgan fingerprint density at radius 1 is 1.56 bits per heavy atom. The fraction of sp³-hybridized carbons (Fsp3) is 0.444. The lowest BCUT2D eigenvalue weighted by molar-refractivity contribution is 0.0769. The van der Waals surface area contributed by atoms with Crippen LogP contribution in [0.1, 0.15) is 23.2 Å². The summed E-state index contributed by atoms with van der Waals surface area (Å²) in [5.41, 5.74) is 0. The van der Waals surface area contributed by atoms with Crippen molar-refractivity contribution >= 4 is 25.6 Å². The van der Waals surface area contributed by atoms with Gasteiger partial charge in [0.15, 0.2) is 5.76 Å². The molecule has 16 heavy (non-hydrogen) atoms. The summed E-state index contributed by atoms with van der Waals surface area (Å²) in [5, 5.41) is 0. The summed E-state index contributed by atoms with van der Waals surface area (Å²) in [6, 6.07) is 1.14. The molecule has 7 heteroatoms. The van der Waals surface area contributed by atoms with E-state index in [4.69, 9.17) is 15.1 Å². The first kappa shape index (κ1) is 13.1. The van der Waals surface area contributed by atoms with E-state index < -0.39 is 9.05 Å². The summed E-state index contributed by atoms with van der Waals surface area (Å²) >= 11 is 0. The fourth-order valence-electron chi connectivity index (χ4n) is 1.14. The van der Waals surface area contributed by atoms with Crippen molar-refractivity contribution < 1.29 is 17.6 Å². The molecule has 0 aliphatic heterocycles.